The van der Waals surface area contributed by atoms with Gasteiger partial charge in [-0.05, 0) is 31.3 Å². The first kappa shape index (κ1) is 15.6. The number of nitriles is 1. The van der Waals surface area contributed by atoms with Crippen LogP contribution < -0.4 is 4.72 Å². The molecule has 0 unspecified atom stereocenters. The van der Waals surface area contributed by atoms with Crippen LogP contribution in [0.2, 0.25) is 0 Å². The average Bonchev–Trinajstić information content (AvgIpc) is 2.43. The molecule has 5 nitrogen and oxygen atoms in total. The summed E-state index contributed by atoms with van der Waals surface area (Å²) in [6.07, 6.45) is 0. The summed E-state index contributed by atoms with van der Waals surface area (Å²) in [7, 11) is -3.53. The molecule has 104 valence electrons. The molecular formula is C13H19N3O2S. The quantitative estimate of drug-likeness (QED) is 0.814. The maximum atomic E-state index is 12.0. The van der Waals surface area contributed by atoms with Crippen molar-refractivity contribution in [3.8, 4) is 6.07 Å². The lowest BCUT2D eigenvalue weighted by Gasteiger charge is -2.18. The average molecular weight is 281 g/mol. The lowest BCUT2D eigenvalue weighted by atomic mass is 10.2. The van der Waals surface area contributed by atoms with Crippen LogP contribution in [0.1, 0.15) is 19.4 Å². The first-order valence-electron chi connectivity index (χ1n) is 6.25. The Bertz CT molecular complexity index is 545. The van der Waals surface area contributed by atoms with Crippen molar-refractivity contribution in [2.75, 3.05) is 26.2 Å². The van der Waals surface area contributed by atoms with Crippen molar-refractivity contribution < 1.29 is 8.42 Å². The molecule has 1 aromatic rings. The molecule has 6 heteroatoms. The Morgan fingerprint density at radius 1 is 1.32 bits per heavy atom. The summed E-state index contributed by atoms with van der Waals surface area (Å²) in [6, 6.07) is 7.94. The summed E-state index contributed by atoms with van der Waals surface area (Å²) >= 11 is 0. The molecule has 0 aromatic heterocycles. The maximum absolute atomic E-state index is 12.0. The predicted octanol–water partition coefficient (Wildman–Crippen LogP) is 1.18. The molecule has 0 aliphatic heterocycles. The van der Waals surface area contributed by atoms with Crippen molar-refractivity contribution in [2.45, 2.75) is 18.7 Å². The largest absolute Gasteiger partial charge is 0.303 e. The molecule has 0 saturated carbocycles. The molecule has 0 bridgehead atoms. The highest BCUT2D eigenvalue weighted by molar-refractivity contribution is 7.89. The number of likely N-dealkylation sites (N-methyl/N-ethyl adjacent to an activating group) is 1. The van der Waals surface area contributed by atoms with Crippen LogP contribution in [0.3, 0.4) is 0 Å². The summed E-state index contributed by atoms with van der Waals surface area (Å²) in [5, 5.41) is 8.77. The van der Waals surface area contributed by atoms with Gasteiger partial charge < -0.3 is 4.90 Å². The third-order valence-corrected chi connectivity index (χ3v) is 4.35. The van der Waals surface area contributed by atoms with Gasteiger partial charge in [-0.15, -0.1) is 0 Å². The van der Waals surface area contributed by atoms with E-state index < -0.39 is 10.0 Å². The molecule has 0 saturated heterocycles. The van der Waals surface area contributed by atoms with Gasteiger partial charge in [-0.2, -0.15) is 5.26 Å². The summed E-state index contributed by atoms with van der Waals surface area (Å²) in [4.78, 5) is 2.26. The van der Waals surface area contributed by atoms with E-state index in [1.807, 2.05) is 19.9 Å². The second-order valence-corrected chi connectivity index (χ2v) is 5.83. The van der Waals surface area contributed by atoms with Gasteiger partial charge in [-0.3, -0.25) is 0 Å². The van der Waals surface area contributed by atoms with Gasteiger partial charge in [-0.1, -0.05) is 19.9 Å². The molecule has 0 aliphatic rings. The number of sulfonamides is 1. The third-order valence-electron chi connectivity index (χ3n) is 2.89. The molecule has 0 amide bonds. The van der Waals surface area contributed by atoms with Gasteiger partial charge in [0.2, 0.25) is 10.0 Å². The van der Waals surface area contributed by atoms with Crippen LogP contribution in [0.25, 0.3) is 0 Å². The molecule has 0 spiro atoms. The third kappa shape index (κ3) is 4.63. The molecule has 0 atom stereocenters. The van der Waals surface area contributed by atoms with Crippen LogP contribution in [-0.2, 0) is 10.0 Å². The first-order chi connectivity index (χ1) is 9.03. The van der Waals surface area contributed by atoms with E-state index >= 15 is 0 Å². The number of nitrogens with zero attached hydrogens (tertiary/aromatic N) is 2. The van der Waals surface area contributed by atoms with Crippen LogP contribution in [0.5, 0.6) is 0 Å². The van der Waals surface area contributed by atoms with E-state index in [0.29, 0.717) is 18.7 Å². The zero-order valence-corrected chi connectivity index (χ0v) is 12.1. The highest BCUT2D eigenvalue weighted by Gasteiger charge is 2.14. The second-order valence-electron chi connectivity index (χ2n) is 4.06. The molecule has 1 rings (SSSR count). The SMILES string of the molecule is CCN(CC)CCNS(=O)(=O)c1cccc(C#N)c1. The first-order valence-corrected chi connectivity index (χ1v) is 7.74. The Labute approximate surface area is 114 Å². The van der Waals surface area contributed by atoms with Crippen LogP contribution >= 0.6 is 0 Å². The molecular weight excluding hydrogens is 262 g/mol. The highest BCUT2D eigenvalue weighted by atomic mass is 32.2. The number of benzene rings is 1. The fourth-order valence-electron chi connectivity index (χ4n) is 1.69. The minimum absolute atomic E-state index is 0.131. The molecule has 0 radical (unpaired) electrons. The number of hydrogen-bond donors (Lipinski definition) is 1. The smallest absolute Gasteiger partial charge is 0.240 e. The summed E-state index contributed by atoms with van der Waals surface area (Å²) in [5.74, 6) is 0. The minimum Gasteiger partial charge on any atom is -0.303 e. The zero-order valence-electron chi connectivity index (χ0n) is 11.3. The van der Waals surface area contributed by atoms with E-state index in [9.17, 15) is 8.42 Å². The van der Waals surface area contributed by atoms with E-state index in [2.05, 4.69) is 9.62 Å². The van der Waals surface area contributed by atoms with Gasteiger partial charge >= 0.3 is 0 Å². The Morgan fingerprint density at radius 3 is 2.58 bits per heavy atom. The van der Waals surface area contributed by atoms with Crippen molar-refractivity contribution in [1.82, 2.24) is 9.62 Å². The fraction of sp³-hybridized carbons (Fsp3) is 0.462. The molecule has 1 aromatic carbocycles. The fourth-order valence-corrected chi connectivity index (χ4v) is 2.76. The standard InChI is InChI=1S/C13H19N3O2S/c1-3-16(4-2)9-8-15-19(17,18)13-7-5-6-12(10-13)11-14/h5-7,10,15H,3-4,8-9H2,1-2H3. The maximum Gasteiger partial charge on any atom is 0.240 e. The van der Waals surface area contributed by atoms with Crippen LogP contribution in [0.4, 0.5) is 0 Å². The second kappa shape index (κ2) is 7.24. The van der Waals surface area contributed by atoms with Gasteiger partial charge in [0.1, 0.15) is 0 Å². The lowest BCUT2D eigenvalue weighted by Crippen LogP contribution is -2.34. The van der Waals surface area contributed by atoms with Crippen molar-refractivity contribution in [2.24, 2.45) is 0 Å². The van der Waals surface area contributed by atoms with Gasteiger partial charge in [0, 0.05) is 13.1 Å². The van der Waals surface area contributed by atoms with E-state index in [-0.39, 0.29) is 4.90 Å². The van der Waals surface area contributed by atoms with Gasteiger partial charge in [0.25, 0.3) is 0 Å². The Hall–Kier alpha value is -1.42. The molecule has 1 N–H and O–H groups in total. The molecule has 0 heterocycles. The molecule has 0 fully saturated rings. The van der Waals surface area contributed by atoms with E-state index in [1.54, 1.807) is 12.1 Å². The van der Waals surface area contributed by atoms with E-state index in [0.717, 1.165) is 13.1 Å². The molecule has 19 heavy (non-hydrogen) atoms. The monoisotopic (exact) mass is 281 g/mol. The van der Waals surface area contributed by atoms with Crippen LogP contribution in [-0.4, -0.2) is 39.5 Å². The summed E-state index contributed by atoms with van der Waals surface area (Å²) in [6.45, 7) is 6.89. The molecule has 0 aliphatic carbocycles. The van der Waals surface area contributed by atoms with Crippen molar-refractivity contribution >= 4 is 10.0 Å². The van der Waals surface area contributed by atoms with Crippen molar-refractivity contribution in [3.63, 3.8) is 0 Å². The Kier molecular flexibility index (Phi) is 5.96. The van der Waals surface area contributed by atoms with E-state index in [4.69, 9.17) is 5.26 Å². The van der Waals surface area contributed by atoms with Gasteiger partial charge in [-0.25, -0.2) is 13.1 Å². The topological polar surface area (TPSA) is 73.2 Å². The summed E-state index contributed by atoms with van der Waals surface area (Å²) < 4.78 is 26.6. The zero-order chi connectivity index (χ0) is 14.3. The Balaban J connectivity index is 2.68. The van der Waals surface area contributed by atoms with Crippen molar-refractivity contribution in [3.05, 3.63) is 29.8 Å². The van der Waals surface area contributed by atoms with Crippen LogP contribution in [0, 0.1) is 11.3 Å². The number of rotatable bonds is 7. The number of nitrogens with one attached hydrogen (secondary N) is 1. The Morgan fingerprint density at radius 2 is 2.00 bits per heavy atom. The van der Waals surface area contributed by atoms with Crippen molar-refractivity contribution in [1.29, 1.82) is 5.26 Å². The van der Waals surface area contributed by atoms with Gasteiger partial charge in [0.05, 0.1) is 16.5 Å². The predicted molar refractivity (Wildman–Crippen MR) is 74.1 cm³/mol. The van der Waals surface area contributed by atoms with Gasteiger partial charge in [0.15, 0.2) is 0 Å². The highest BCUT2D eigenvalue weighted by Crippen LogP contribution is 2.10. The van der Waals surface area contributed by atoms with Crippen LogP contribution in [0.15, 0.2) is 29.2 Å². The minimum atomic E-state index is -3.53. The summed E-state index contributed by atoms with van der Waals surface area (Å²) in [5.41, 5.74) is 0.339. The normalized spacial score (nSPS) is 11.5. The van der Waals surface area contributed by atoms with E-state index in [1.165, 1.54) is 12.1 Å². The lowest BCUT2D eigenvalue weighted by molar-refractivity contribution is 0.309. The number of hydrogen-bond acceptors (Lipinski definition) is 4.